The second kappa shape index (κ2) is 8.83. The van der Waals surface area contributed by atoms with Crippen LogP contribution in [0.25, 0.3) is 22.4 Å². The first-order valence-corrected chi connectivity index (χ1v) is 10.7. The molecule has 5 rings (SSSR count). The molecule has 0 radical (unpaired) electrons. The molecule has 1 amide bonds. The number of H-pyrrole nitrogens is 1. The Bertz CT molecular complexity index is 1640. The third-order valence-corrected chi connectivity index (χ3v) is 5.57. The van der Waals surface area contributed by atoms with Gasteiger partial charge in [-0.3, -0.25) is 9.59 Å². The monoisotopic (exact) mass is 472 g/mol. The number of benzene rings is 2. The molecule has 3 aromatic heterocycles. The van der Waals surface area contributed by atoms with Crippen LogP contribution in [0.3, 0.4) is 0 Å². The number of carbonyl (C=O) groups excluding carboxylic acids is 1. The first-order chi connectivity index (χ1) is 16.5. The summed E-state index contributed by atoms with van der Waals surface area (Å²) in [6, 6.07) is 15.9. The van der Waals surface area contributed by atoms with Crippen LogP contribution in [0.1, 0.15) is 15.9 Å². The van der Waals surface area contributed by atoms with Crippen molar-refractivity contribution in [2.24, 2.45) is 0 Å². The third-order valence-electron chi connectivity index (χ3n) is 5.28. The second-order valence-electron chi connectivity index (χ2n) is 7.40. The van der Waals surface area contributed by atoms with Crippen LogP contribution in [0.15, 0.2) is 84.0 Å². The summed E-state index contributed by atoms with van der Waals surface area (Å²) >= 11 is 5.31. The number of aromatic amines is 1. The Balaban J connectivity index is 1.44. The summed E-state index contributed by atoms with van der Waals surface area (Å²) in [5, 5.41) is 7.33. The van der Waals surface area contributed by atoms with E-state index >= 15 is 0 Å². The van der Waals surface area contributed by atoms with Crippen molar-refractivity contribution in [3.63, 3.8) is 0 Å². The molecule has 10 heteroatoms. The maximum atomic E-state index is 14.3. The van der Waals surface area contributed by atoms with Crippen molar-refractivity contribution in [3.8, 4) is 11.5 Å². The number of nitrogens with zero attached hydrogens (tertiary/aromatic N) is 4. The summed E-state index contributed by atoms with van der Waals surface area (Å²) in [5.41, 5.74) is 1.09. The molecule has 2 N–H and O–H groups in total. The van der Waals surface area contributed by atoms with Gasteiger partial charge >= 0.3 is 0 Å². The molecule has 0 fully saturated rings. The molecule has 0 unspecified atom stereocenters. The van der Waals surface area contributed by atoms with Gasteiger partial charge in [0.05, 0.1) is 16.6 Å². The molecule has 0 bridgehead atoms. The summed E-state index contributed by atoms with van der Waals surface area (Å²) in [6.45, 7) is 0.227. The van der Waals surface area contributed by atoms with Crippen LogP contribution in [0.2, 0.25) is 0 Å². The number of carbonyl (C=O) groups is 1. The third kappa shape index (κ3) is 3.90. The quantitative estimate of drug-likeness (QED) is 0.380. The van der Waals surface area contributed by atoms with Crippen molar-refractivity contribution in [2.45, 2.75) is 6.54 Å². The van der Waals surface area contributed by atoms with Gasteiger partial charge in [0, 0.05) is 36.3 Å². The van der Waals surface area contributed by atoms with E-state index in [4.69, 9.17) is 12.2 Å². The smallest absolute Gasteiger partial charge is 0.266 e. The van der Waals surface area contributed by atoms with Gasteiger partial charge in [0.25, 0.3) is 11.5 Å². The average Bonchev–Trinajstić information content (AvgIpc) is 3.38. The number of hydrogen-bond acceptors (Lipinski definition) is 5. The molecule has 0 aliphatic rings. The highest BCUT2D eigenvalue weighted by molar-refractivity contribution is 7.71. The van der Waals surface area contributed by atoms with Crippen molar-refractivity contribution in [1.29, 1.82) is 0 Å². The van der Waals surface area contributed by atoms with E-state index in [-0.39, 0.29) is 28.3 Å². The average molecular weight is 473 g/mol. The van der Waals surface area contributed by atoms with E-state index in [0.717, 1.165) is 10.1 Å². The zero-order chi connectivity index (χ0) is 23.7. The van der Waals surface area contributed by atoms with E-state index < -0.39 is 11.4 Å². The number of halogens is 1. The van der Waals surface area contributed by atoms with Crippen molar-refractivity contribution in [3.05, 3.63) is 111 Å². The normalized spacial score (nSPS) is 11.0. The van der Waals surface area contributed by atoms with Gasteiger partial charge in [-0.1, -0.05) is 18.2 Å². The van der Waals surface area contributed by atoms with Gasteiger partial charge in [-0.2, -0.15) is 5.10 Å². The number of rotatable bonds is 5. The molecular weight excluding hydrogens is 455 g/mol. The Labute approximate surface area is 197 Å². The summed E-state index contributed by atoms with van der Waals surface area (Å²) < 4.78 is 17.0. The molecule has 8 nitrogen and oxygen atoms in total. The number of pyridine rings is 1. The predicted octanol–water partition coefficient (Wildman–Crippen LogP) is 3.70. The maximum absolute atomic E-state index is 14.3. The Morgan fingerprint density at radius 2 is 1.94 bits per heavy atom. The van der Waals surface area contributed by atoms with Crippen molar-refractivity contribution < 1.29 is 9.18 Å². The van der Waals surface area contributed by atoms with Gasteiger partial charge in [0.1, 0.15) is 5.82 Å². The van der Waals surface area contributed by atoms with Crippen LogP contribution in [0, 0.1) is 10.6 Å². The topological polar surface area (TPSA) is 97.6 Å². The first kappa shape index (κ1) is 21.4. The molecule has 0 aliphatic carbocycles. The fraction of sp³-hybridized carbons (Fsp3) is 0.0417. The van der Waals surface area contributed by atoms with Crippen molar-refractivity contribution in [2.75, 3.05) is 0 Å². The van der Waals surface area contributed by atoms with Gasteiger partial charge in [0.15, 0.2) is 10.6 Å². The van der Waals surface area contributed by atoms with Crippen molar-refractivity contribution >= 4 is 29.0 Å². The highest BCUT2D eigenvalue weighted by Crippen LogP contribution is 2.16. The van der Waals surface area contributed by atoms with Crippen LogP contribution < -0.4 is 10.9 Å². The van der Waals surface area contributed by atoms with Gasteiger partial charge < -0.3 is 10.3 Å². The van der Waals surface area contributed by atoms with Crippen molar-refractivity contribution in [1.82, 2.24) is 29.6 Å². The van der Waals surface area contributed by atoms with E-state index in [1.54, 1.807) is 53.6 Å². The molecule has 34 heavy (non-hydrogen) atoms. The number of amides is 1. The largest absolute Gasteiger partial charge is 0.348 e. The van der Waals surface area contributed by atoms with Crippen LogP contribution >= 0.6 is 12.2 Å². The minimum absolute atomic E-state index is 0.0272. The Hall–Kier alpha value is -4.44. The molecule has 168 valence electrons. The molecule has 5 aromatic rings. The standard InChI is InChI=1S/C24H17FN6O2S/c25-18-6-1-2-7-20(18)31-23(33)17-9-8-15(13-19(17)29-24(31)34)22(32)27-14-16-5-3-10-26-21(16)30-12-4-11-28-30/h1-13H,14H2,(H,27,32)(H,29,34). The highest BCUT2D eigenvalue weighted by Gasteiger charge is 2.14. The molecule has 2 aromatic carbocycles. The number of aromatic nitrogens is 5. The van der Waals surface area contributed by atoms with Crippen LogP contribution in [0.4, 0.5) is 4.39 Å². The zero-order valence-electron chi connectivity index (χ0n) is 17.6. The molecule has 0 saturated carbocycles. The lowest BCUT2D eigenvalue weighted by atomic mass is 10.1. The summed E-state index contributed by atoms with van der Waals surface area (Å²) in [5.74, 6) is -0.289. The predicted molar refractivity (Wildman–Crippen MR) is 127 cm³/mol. The van der Waals surface area contributed by atoms with Crippen LogP contribution in [-0.4, -0.2) is 30.2 Å². The number of hydrogen-bond donors (Lipinski definition) is 2. The maximum Gasteiger partial charge on any atom is 0.266 e. The van der Waals surface area contributed by atoms with Crippen LogP contribution in [0.5, 0.6) is 0 Å². The van der Waals surface area contributed by atoms with E-state index in [0.29, 0.717) is 16.9 Å². The van der Waals surface area contributed by atoms with E-state index in [9.17, 15) is 14.0 Å². The number of para-hydroxylation sites is 1. The molecule has 0 saturated heterocycles. The minimum atomic E-state index is -0.565. The fourth-order valence-electron chi connectivity index (χ4n) is 3.66. The number of nitrogens with one attached hydrogen (secondary N) is 2. The lowest BCUT2D eigenvalue weighted by Gasteiger charge is -2.11. The zero-order valence-corrected chi connectivity index (χ0v) is 18.4. The van der Waals surface area contributed by atoms with Crippen LogP contribution in [-0.2, 0) is 6.54 Å². The lowest BCUT2D eigenvalue weighted by molar-refractivity contribution is 0.0951. The second-order valence-corrected chi connectivity index (χ2v) is 7.79. The van der Waals surface area contributed by atoms with Gasteiger partial charge in [-0.05, 0) is 54.7 Å². The fourth-order valence-corrected chi connectivity index (χ4v) is 3.95. The minimum Gasteiger partial charge on any atom is -0.348 e. The van der Waals surface area contributed by atoms with E-state index in [1.165, 1.54) is 24.3 Å². The Morgan fingerprint density at radius 3 is 2.74 bits per heavy atom. The van der Waals surface area contributed by atoms with Gasteiger partial charge in [0.2, 0.25) is 0 Å². The Kier molecular flexibility index (Phi) is 5.56. The van der Waals surface area contributed by atoms with E-state index in [1.807, 2.05) is 6.07 Å². The molecule has 3 heterocycles. The SMILES string of the molecule is O=C(NCc1cccnc1-n1cccn1)c1ccc2c(=O)n(-c3ccccc3F)c(=S)[nH]c2c1. The molecular formula is C24H17FN6O2S. The van der Waals surface area contributed by atoms with E-state index in [2.05, 4.69) is 20.4 Å². The van der Waals surface area contributed by atoms with Gasteiger partial charge in [-0.25, -0.2) is 18.6 Å². The lowest BCUT2D eigenvalue weighted by Crippen LogP contribution is -2.25. The molecule has 0 atom stereocenters. The highest BCUT2D eigenvalue weighted by atomic mass is 32.1. The Morgan fingerprint density at radius 1 is 1.09 bits per heavy atom. The number of fused-ring (bicyclic) bond motifs is 1. The summed E-state index contributed by atoms with van der Waals surface area (Å²) in [7, 11) is 0. The first-order valence-electron chi connectivity index (χ1n) is 10.3. The summed E-state index contributed by atoms with van der Waals surface area (Å²) in [4.78, 5) is 33.1. The summed E-state index contributed by atoms with van der Waals surface area (Å²) in [6.07, 6.45) is 5.07. The van der Waals surface area contributed by atoms with Gasteiger partial charge in [-0.15, -0.1) is 0 Å². The molecule has 0 spiro atoms. The molecule has 0 aliphatic heterocycles.